The summed E-state index contributed by atoms with van der Waals surface area (Å²) in [4.78, 5) is 12.4. The lowest BCUT2D eigenvalue weighted by Gasteiger charge is -2.63. The normalized spacial score (nSPS) is 53.8. The van der Waals surface area contributed by atoms with Crippen molar-refractivity contribution in [2.45, 2.75) is 77.2 Å². The van der Waals surface area contributed by atoms with Gasteiger partial charge in [-0.15, -0.1) is 0 Å². The lowest BCUT2D eigenvalue weighted by atomic mass is 9.43. The standard InChI is InChI=1S/C20H30O2/c1-3-19-10-4-5-11-20(19,22)13-8-14-15-6-7-17(21)18(15,2)12-9-16(14)19/h4-5,14-16,22H,3,6-13H2,1-2H3/t14-,15-,16-,18-,19+,20-/m0/s1. The van der Waals surface area contributed by atoms with Crippen LogP contribution in [-0.2, 0) is 4.79 Å². The average Bonchev–Trinajstić information content (AvgIpc) is 2.82. The maximum Gasteiger partial charge on any atom is 0.139 e. The number of Topliss-reactive ketones (excluding diaryl/α,β-unsaturated/α-hetero) is 1. The van der Waals surface area contributed by atoms with Crippen molar-refractivity contribution in [1.29, 1.82) is 0 Å². The molecule has 0 amide bonds. The molecule has 0 spiro atoms. The van der Waals surface area contributed by atoms with Crippen molar-refractivity contribution < 1.29 is 9.90 Å². The van der Waals surface area contributed by atoms with Gasteiger partial charge in [-0.05, 0) is 69.1 Å². The van der Waals surface area contributed by atoms with Gasteiger partial charge in [0.2, 0.25) is 0 Å². The number of ketones is 1. The Labute approximate surface area is 134 Å². The van der Waals surface area contributed by atoms with E-state index in [0.717, 1.165) is 57.8 Å². The molecule has 122 valence electrons. The molecule has 0 aromatic carbocycles. The number of fused-ring (bicyclic) bond motifs is 5. The first-order valence-electron chi connectivity index (χ1n) is 9.37. The van der Waals surface area contributed by atoms with Gasteiger partial charge in [-0.3, -0.25) is 4.79 Å². The fourth-order valence-corrected chi connectivity index (χ4v) is 7.10. The smallest absolute Gasteiger partial charge is 0.139 e. The van der Waals surface area contributed by atoms with Crippen molar-refractivity contribution in [2.24, 2.45) is 28.6 Å². The van der Waals surface area contributed by atoms with E-state index in [1.807, 2.05) is 0 Å². The molecule has 0 heterocycles. The zero-order valence-electron chi connectivity index (χ0n) is 14.1. The van der Waals surface area contributed by atoms with E-state index in [1.165, 1.54) is 0 Å². The molecular weight excluding hydrogens is 272 g/mol. The molecule has 1 N–H and O–H groups in total. The largest absolute Gasteiger partial charge is 0.389 e. The van der Waals surface area contributed by atoms with Crippen molar-refractivity contribution in [3.05, 3.63) is 12.2 Å². The Hall–Kier alpha value is -0.630. The van der Waals surface area contributed by atoms with Gasteiger partial charge in [-0.2, -0.15) is 0 Å². The van der Waals surface area contributed by atoms with Crippen LogP contribution in [0, 0.1) is 28.6 Å². The third-order valence-electron chi connectivity index (χ3n) is 8.41. The highest BCUT2D eigenvalue weighted by Crippen LogP contribution is 2.66. The monoisotopic (exact) mass is 302 g/mol. The number of carbonyl (C=O) groups excluding carboxylic acids is 1. The van der Waals surface area contributed by atoms with Crippen molar-refractivity contribution in [2.75, 3.05) is 0 Å². The van der Waals surface area contributed by atoms with Gasteiger partial charge in [-0.25, -0.2) is 0 Å². The molecule has 0 aromatic rings. The molecule has 2 nitrogen and oxygen atoms in total. The van der Waals surface area contributed by atoms with Crippen LogP contribution < -0.4 is 0 Å². The van der Waals surface area contributed by atoms with Crippen LogP contribution in [0.5, 0.6) is 0 Å². The minimum atomic E-state index is -0.492. The molecule has 22 heavy (non-hydrogen) atoms. The van der Waals surface area contributed by atoms with Gasteiger partial charge in [0.25, 0.3) is 0 Å². The molecular formula is C20H30O2. The van der Waals surface area contributed by atoms with Gasteiger partial charge in [0.05, 0.1) is 5.60 Å². The summed E-state index contributed by atoms with van der Waals surface area (Å²) in [6.07, 6.45) is 13.6. The van der Waals surface area contributed by atoms with E-state index in [9.17, 15) is 9.90 Å². The summed E-state index contributed by atoms with van der Waals surface area (Å²) in [5.41, 5.74) is -0.471. The van der Waals surface area contributed by atoms with Gasteiger partial charge < -0.3 is 5.11 Å². The van der Waals surface area contributed by atoms with Crippen molar-refractivity contribution in [3.8, 4) is 0 Å². The van der Waals surface area contributed by atoms with Crippen molar-refractivity contribution in [1.82, 2.24) is 0 Å². The minimum Gasteiger partial charge on any atom is -0.389 e. The molecule has 6 atom stereocenters. The number of aliphatic hydroxyl groups is 1. The fraction of sp³-hybridized carbons (Fsp3) is 0.850. The van der Waals surface area contributed by atoms with E-state index in [-0.39, 0.29) is 10.8 Å². The highest BCUT2D eigenvalue weighted by atomic mass is 16.3. The van der Waals surface area contributed by atoms with Crippen LogP contribution in [0.1, 0.15) is 71.6 Å². The quantitative estimate of drug-likeness (QED) is 0.734. The Morgan fingerprint density at radius 1 is 1.14 bits per heavy atom. The Morgan fingerprint density at radius 3 is 2.68 bits per heavy atom. The molecule has 0 radical (unpaired) electrons. The lowest BCUT2D eigenvalue weighted by molar-refractivity contribution is -0.194. The zero-order chi connectivity index (χ0) is 15.6. The predicted octanol–water partition coefficient (Wildman–Crippen LogP) is 4.27. The molecule has 0 aliphatic heterocycles. The Kier molecular flexibility index (Phi) is 3.18. The third-order valence-corrected chi connectivity index (χ3v) is 8.41. The Balaban J connectivity index is 1.74. The molecule has 0 unspecified atom stereocenters. The number of hydrogen-bond donors (Lipinski definition) is 1. The van der Waals surface area contributed by atoms with Crippen molar-refractivity contribution in [3.63, 3.8) is 0 Å². The van der Waals surface area contributed by atoms with Crippen LogP contribution in [0.25, 0.3) is 0 Å². The second-order valence-corrected chi connectivity index (χ2v) is 8.75. The van der Waals surface area contributed by atoms with E-state index < -0.39 is 5.60 Å². The van der Waals surface area contributed by atoms with Gasteiger partial charge in [0.1, 0.15) is 5.78 Å². The summed E-state index contributed by atoms with van der Waals surface area (Å²) in [6, 6.07) is 0. The summed E-state index contributed by atoms with van der Waals surface area (Å²) < 4.78 is 0. The van der Waals surface area contributed by atoms with Crippen LogP contribution >= 0.6 is 0 Å². The van der Waals surface area contributed by atoms with Crippen LogP contribution in [0.2, 0.25) is 0 Å². The first kappa shape index (κ1) is 14.9. The molecule has 4 rings (SSSR count). The molecule has 3 fully saturated rings. The van der Waals surface area contributed by atoms with Gasteiger partial charge in [0, 0.05) is 17.3 Å². The maximum atomic E-state index is 12.4. The van der Waals surface area contributed by atoms with E-state index in [0.29, 0.717) is 23.5 Å². The number of allylic oxidation sites excluding steroid dienone is 1. The molecule has 4 aliphatic rings. The summed E-state index contributed by atoms with van der Waals surface area (Å²) in [6.45, 7) is 4.52. The van der Waals surface area contributed by atoms with Gasteiger partial charge >= 0.3 is 0 Å². The number of carbonyl (C=O) groups is 1. The Bertz CT molecular complexity index is 524. The van der Waals surface area contributed by atoms with Crippen LogP contribution in [-0.4, -0.2) is 16.5 Å². The first-order chi connectivity index (χ1) is 10.5. The van der Waals surface area contributed by atoms with E-state index in [1.54, 1.807) is 0 Å². The highest BCUT2D eigenvalue weighted by Gasteiger charge is 2.64. The van der Waals surface area contributed by atoms with Gasteiger partial charge in [-0.1, -0.05) is 26.0 Å². The zero-order valence-corrected chi connectivity index (χ0v) is 14.1. The fourth-order valence-electron chi connectivity index (χ4n) is 7.10. The minimum absolute atomic E-state index is 0.0456. The summed E-state index contributed by atoms with van der Waals surface area (Å²) in [5.74, 6) is 2.38. The summed E-state index contributed by atoms with van der Waals surface area (Å²) >= 11 is 0. The second-order valence-electron chi connectivity index (χ2n) is 8.75. The molecule has 2 heteroatoms. The summed E-state index contributed by atoms with van der Waals surface area (Å²) in [7, 11) is 0. The van der Waals surface area contributed by atoms with Crippen LogP contribution in [0.4, 0.5) is 0 Å². The SMILES string of the molecule is CC[C@]12CC=CC[C@]1(O)CC[C@@H]1[C@@H]2CC[C@]2(C)C(=O)CC[C@@H]12. The molecule has 0 saturated heterocycles. The van der Waals surface area contributed by atoms with Crippen LogP contribution in [0.3, 0.4) is 0 Å². The second kappa shape index (κ2) is 4.69. The Morgan fingerprint density at radius 2 is 1.91 bits per heavy atom. The predicted molar refractivity (Wildman–Crippen MR) is 87.3 cm³/mol. The van der Waals surface area contributed by atoms with E-state index >= 15 is 0 Å². The van der Waals surface area contributed by atoms with E-state index in [4.69, 9.17) is 0 Å². The molecule has 0 bridgehead atoms. The van der Waals surface area contributed by atoms with E-state index in [2.05, 4.69) is 26.0 Å². The number of rotatable bonds is 1. The molecule has 4 aliphatic carbocycles. The molecule has 3 saturated carbocycles. The van der Waals surface area contributed by atoms with Crippen LogP contribution in [0.15, 0.2) is 12.2 Å². The molecule has 0 aromatic heterocycles. The third kappa shape index (κ3) is 1.63. The van der Waals surface area contributed by atoms with Crippen molar-refractivity contribution >= 4 is 5.78 Å². The van der Waals surface area contributed by atoms with Gasteiger partial charge in [0.15, 0.2) is 0 Å². The summed E-state index contributed by atoms with van der Waals surface area (Å²) in [5, 5.41) is 11.4. The number of hydrogen-bond acceptors (Lipinski definition) is 2. The average molecular weight is 302 g/mol. The maximum absolute atomic E-state index is 12.4. The highest BCUT2D eigenvalue weighted by molar-refractivity contribution is 5.87. The first-order valence-corrected chi connectivity index (χ1v) is 9.37. The topological polar surface area (TPSA) is 37.3 Å². The lowest BCUT2D eigenvalue weighted by Crippen LogP contribution is -2.61.